The molecule has 0 aromatic rings. The lowest BCUT2D eigenvalue weighted by Gasteiger charge is -2.38. The van der Waals surface area contributed by atoms with Crippen LogP contribution in [-0.2, 0) is 28.8 Å². The zero-order chi connectivity index (χ0) is 41.4. The van der Waals surface area contributed by atoms with Gasteiger partial charge in [0, 0.05) is 39.8 Å². The molecule has 54 heavy (non-hydrogen) atoms. The number of likely N-dealkylation sites (tertiary alicyclic amines) is 2. The Morgan fingerprint density at radius 1 is 0.870 bits per heavy atom. The Bertz CT molecular complexity index is 1180. The lowest BCUT2D eigenvalue weighted by molar-refractivity contribution is -0.149. The second-order valence-corrected chi connectivity index (χ2v) is 14.9. The van der Waals surface area contributed by atoms with E-state index in [2.05, 4.69) is 34.8 Å². The molecule has 5 amide bonds. The van der Waals surface area contributed by atoms with Crippen LogP contribution in [0, 0.1) is 11.3 Å². The van der Waals surface area contributed by atoms with Gasteiger partial charge >= 0.3 is 0 Å². The number of Topliss-reactive ketones (excluding diaryl/α,β-unsaturated/α-hetero) is 1. The lowest BCUT2D eigenvalue weighted by Crippen LogP contribution is -2.60. The van der Waals surface area contributed by atoms with Gasteiger partial charge in [0.2, 0.25) is 23.5 Å². The van der Waals surface area contributed by atoms with E-state index in [1.54, 1.807) is 25.9 Å². The quantitative estimate of drug-likeness (QED) is 0.150. The van der Waals surface area contributed by atoms with E-state index in [1.807, 2.05) is 48.5 Å². The van der Waals surface area contributed by atoms with Gasteiger partial charge in [-0.3, -0.25) is 33.8 Å². The molecule has 0 aromatic heterocycles. The molecule has 2 saturated carbocycles. The Kier molecular flexibility index (Phi) is 25.4. The van der Waals surface area contributed by atoms with E-state index >= 15 is 0 Å². The first-order chi connectivity index (χ1) is 25.7. The van der Waals surface area contributed by atoms with Gasteiger partial charge in [-0.25, -0.2) is 0 Å². The molecule has 3 atom stereocenters. The molecule has 2 bridgehead atoms. The summed E-state index contributed by atoms with van der Waals surface area (Å²) in [7, 11) is 3.37. The number of aliphatic imine (C=N–C) groups is 1. The first-order valence-electron chi connectivity index (χ1n) is 20.9. The highest BCUT2D eigenvalue weighted by molar-refractivity contribution is 6.38. The number of nitrogens with one attached hydrogen (secondary N) is 3. The van der Waals surface area contributed by atoms with Crippen molar-refractivity contribution in [2.45, 2.75) is 164 Å². The van der Waals surface area contributed by atoms with Crippen LogP contribution < -0.4 is 16.0 Å². The predicted octanol–water partition coefficient (Wildman–Crippen LogP) is 5.11. The monoisotopic (exact) mass is 764 g/mol. The summed E-state index contributed by atoms with van der Waals surface area (Å²) in [5, 5.41) is 8.02. The first-order valence-corrected chi connectivity index (χ1v) is 20.9. The number of nitrogens with zero attached hydrogens (tertiary/aromatic N) is 4. The fraction of sp³-hybridized carbons (Fsp3) is 0.829. The summed E-state index contributed by atoms with van der Waals surface area (Å²) in [6.07, 6.45) is 13.6. The van der Waals surface area contributed by atoms with Crippen molar-refractivity contribution in [3.05, 3.63) is 0 Å². The first kappa shape index (κ1) is 50.5. The van der Waals surface area contributed by atoms with Crippen molar-refractivity contribution < 1.29 is 28.8 Å². The molecule has 312 valence electrons. The molecule has 13 heteroatoms. The molecule has 4 fully saturated rings. The minimum Gasteiger partial charge on any atom is -0.358 e. The molecule has 2 aliphatic carbocycles. The van der Waals surface area contributed by atoms with Gasteiger partial charge < -0.3 is 30.7 Å². The van der Waals surface area contributed by atoms with Crippen LogP contribution in [0.2, 0.25) is 0 Å². The topological polar surface area (TPSA) is 161 Å². The van der Waals surface area contributed by atoms with Crippen molar-refractivity contribution in [3.63, 3.8) is 0 Å². The van der Waals surface area contributed by atoms with Gasteiger partial charge in [0.1, 0.15) is 12.1 Å². The van der Waals surface area contributed by atoms with Crippen LogP contribution in [0.4, 0.5) is 0 Å². The van der Waals surface area contributed by atoms with Crippen molar-refractivity contribution in [2.75, 3.05) is 46.8 Å². The summed E-state index contributed by atoms with van der Waals surface area (Å²) in [4.78, 5) is 86.3. The van der Waals surface area contributed by atoms with Gasteiger partial charge in [-0.05, 0) is 50.4 Å². The van der Waals surface area contributed by atoms with Crippen LogP contribution >= 0.6 is 0 Å². The van der Waals surface area contributed by atoms with Crippen LogP contribution in [0.5, 0.6) is 0 Å². The van der Waals surface area contributed by atoms with Gasteiger partial charge in [-0.15, -0.1) is 0 Å². The highest BCUT2D eigenvalue weighted by atomic mass is 16.2. The highest BCUT2D eigenvalue weighted by Crippen LogP contribution is 2.34. The molecular weight excluding hydrogens is 686 g/mol. The predicted molar refractivity (Wildman–Crippen MR) is 218 cm³/mol. The summed E-state index contributed by atoms with van der Waals surface area (Å²) in [5.74, 6) is -2.86. The van der Waals surface area contributed by atoms with Crippen LogP contribution in [0.1, 0.15) is 146 Å². The maximum atomic E-state index is 14.0. The molecule has 3 N–H and O–H groups in total. The van der Waals surface area contributed by atoms with Crippen LogP contribution in [0.3, 0.4) is 0 Å². The Balaban J connectivity index is 0.00000186. The van der Waals surface area contributed by atoms with Crippen molar-refractivity contribution in [3.8, 4) is 0 Å². The largest absolute Gasteiger partial charge is 0.358 e. The van der Waals surface area contributed by atoms with E-state index in [9.17, 15) is 28.8 Å². The number of hydrogen-bond donors (Lipinski definition) is 3. The summed E-state index contributed by atoms with van der Waals surface area (Å²) >= 11 is 0. The van der Waals surface area contributed by atoms with Gasteiger partial charge in [-0.2, -0.15) is 0 Å². The van der Waals surface area contributed by atoms with Crippen molar-refractivity contribution in [1.29, 1.82) is 0 Å². The number of hydrogen-bond acceptors (Lipinski definition) is 7. The highest BCUT2D eigenvalue weighted by Gasteiger charge is 2.48. The molecule has 2 heterocycles. The normalized spacial score (nSPS) is 19.6. The number of ketones is 1. The number of amides is 5. The molecule has 13 nitrogen and oxygen atoms in total. The third-order valence-electron chi connectivity index (χ3n) is 9.66. The molecule has 0 spiro atoms. The minimum absolute atomic E-state index is 0.0392. The Morgan fingerprint density at radius 3 is 1.87 bits per heavy atom. The van der Waals surface area contributed by atoms with Crippen molar-refractivity contribution in [2.24, 2.45) is 16.3 Å². The second-order valence-electron chi connectivity index (χ2n) is 14.9. The number of rotatable bonds is 11. The van der Waals surface area contributed by atoms with E-state index in [1.165, 1.54) is 54.7 Å². The number of amidine groups is 1. The van der Waals surface area contributed by atoms with Crippen LogP contribution in [0.15, 0.2) is 4.99 Å². The minimum atomic E-state index is -0.942. The fourth-order valence-electron chi connectivity index (χ4n) is 6.20. The summed E-state index contributed by atoms with van der Waals surface area (Å²) < 4.78 is 0. The molecule has 2 saturated heterocycles. The molecule has 4 rings (SSSR count). The van der Waals surface area contributed by atoms with Crippen LogP contribution in [-0.4, -0.2) is 121 Å². The summed E-state index contributed by atoms with van der Waals surface area (Å²) in [6, 6.07) is -1.67. The van der Waals surface area contributed by atoms with Gasteiger partial charge in [0.25, 0.3) is 11.8 Å². The molecular formula is C41H77N7O6. The maximum Gasteiger partial charge on any atom is 0.289 e. The lowest BCUT2D eigenvalue weighted by atomic mass is 9.80. The van der Waals surface area contributed by atoms with E-state index in [0.29, 0.717) is 38.9 Å². The molecule has 0 radical (unpaired) electrons. The average Bonchev–Trinajstić information content (AvgIpc) is 3.92. The van der Waals surface area contributed by atoms with Crippen molar-refractivity contribution >= 4 is 41.2 Å². The van der Waals surface area contributed by atoms with Crippen molar-refractivity contribution in [1.82, 2.24) is 30.7 Å². The third-order valence-corrected chi connectivity index (χ3v) is 9.66. The van der Waals surface area contributed by atoms with Gasteiger partial charge in [-0.1, -0.05) is 107 Å². The second kappa shape index (κ2) is 27.1. The zero-order valence-electron chi connectivity index (χ0n) is 36.1. The standard InChI is InChI=1S/C28H45N7O6.C6H12.C3H8.2C2H6/c1-7-28(3,4)22(32-21(37)14-30-25(39)23(29-8-2)33(5)6)27(41)35-15-17-11-12-34(26(40)19(35)13-17)16-20(36)24(38)31-18-9-10-18;1-2-4-6-5-3-1;1-3-2;2*1-2/h17-19,22H,7-16H2,1-6H3,(H,30,39)(H,31,38)(H,32,37);1-6H2;3H2,1-2H3;2*1-2H3/t17-,19?,22?;;;;/m1..../s1. The Morgan fingerprint density at radius 2 is 1.41 bits per heavy atom. The third kappa shape index (κ3) is 17.3. The maximum absolute atomic E-state index is 14.0. The average molecular weight is 764 g/mol. The zero-order valence-corrected chi connectivity index (χ0v) is 36.1. The number of carbonyl (C=O) groups is 6. The fourth-order valence-corrected chi connectivity index (χ4v) is 6.20. The summed E-state index contributed by atoms with van der Waals surface area (Å²) in [6.45, 7) is 20.2. The SMILES string of the molecule is C1CCCCC1.CC.CC.CCC.CCN=C(C(=O)NCC(=O)NC(C(=O)N1C[C@@H]2CCN(CC(=O)C(=O)NC3CC3)C(=O)C1C2)C(C)(C)CC)N(C)C. The summed E-state index contributed by atoms with van der Waals surface area (Å²) in [5.41, 5.74) is -0.651. The molecule has 4 aliphatic rings. The smallest absolute Gasteiger partial charge is 0.289 e. The van der Waals surface area contributed by atoms with E-state index in [-0.39, 0.29) is 42.7 Å². The molecule has 0 aromatic carbocycles. The van der Waals surface area contributed by atoms with E-state index in [4.69, 9.17) is 0 Å². The van der Waals surface area contributed by atoms with E-state index < -0.39 is 41.0 Å². The van der Waals surface area contributed by atoms with Gasteiger partial charge in [0.15, 0.2) is 5.84 Å². The number of fused-ring (bicyclic) bond motifs is 2. The molecule has 2 unspecified atom stereocenters. The molecule has 2 aliphatic heterocycles. The van der Waals surface area contributed by atoms with Gasteiger partial charge in [0.05, 0.1) is 13.1 Å². The Labute approximate surface area is 327 Å². The van der Waals surface area contributed by atoms with Crippen LogP contribution in [0.25, 0.3) is 0 Å². The van der Waals surface area contributed by atoms with E-state index in [0.717, 1.165) is 12.8 Å². The number of carbonyl (C=O) groups excluding carboxylic acids is 6. The number of likely N-dealkylation sites (N-methyl/N-ethyl adjacent to an activating group) is 1. The Hall–Kier alpha value is -3.51.